The first-order valence-electron chi connectivity index (χ1n) is 14.2. The average Bonchev–Trinajstić information content (AvgIpc) is 2.89. The fourth-order valence-electron chi connectivity index (χ4n) is 5.87. The van der Waals surface area contributed by atoms with Crippen molar-refractivity contribution in [2.75, 3.05) is 0 Å². The molecule has 0 saturated heterocycles. The van der Waals surface area contributed by atoms with E-state index in [0.29, 0.717) is 17.9 Å². The smallest absolute Gasteiger partial charge is 0.122 e. The molecule has 0 heterocycles. The van der Waals surface area contributed by atoms with Crippen LogP contribution in [0.3, 0.4) is 0 Å². The van der Waals surface area contributed by atoms with Gasteiger partial charge in [0.15, 0.2) is 0 Å². The van der Waals surface area contributed by atoms with Gasteiger partial charge in [-0.2, -0.15) is 0 Å². The first kappa shape index (κ1) is 30.0. The van der Waals surface area contributed by atoms with Gasteiger partial charge in [0.2, 0.25) is 0 Å². The molecule has 41 heavy (non-hydrogen) atoms. The second-order valence-electron chi connectivity index (χ2n) is 12.9. The van der Waals surface area contributed by atoms with Gasteiger partial charge >= 0.3 is 0 Å². The van der Waals surface area contributed by atoms with Crippen LogP contribution in [0, 0.1) is 41.5 Å². The molecule has 0 aliphatic rings. The lowest BCUT2D eigenvalue weighted by atomic mass is 9.75. The summed E-state index contributed by atoms with van der Waals surface area (Å²) >= 11 is 0. The summed E-state index contributed by atoms with van der Waals surface area (Å²) in [6.45, 7) is 20.1. The van der Waals surface area contributed by atoms with Crippen LogP contribution in [-0.2, 0) is 17.3 Å². The predicted octanol–water partition coefficient (Wildman–Crippen LogP) is 8.60. The molecule has 4 aromatic rings. The third-order valence-electron chi connectivity index (χ3n) is 9.01. The maximum atomic E-state index is 11.2. The summed E-state index contributed by atoms with van der Waals surface area (Å²) in [4.78, 5) is 0. The highest BCUT2D eigenvalue weighted by atomic mass is 16.3. The van der Waals surface area contributed by atoms with Gasteiger partial charge in [0.25, 0.3) is 0 Å². The Labute approximate surface area is 245 Å². The van der Waals surface area contributed by atoms with Gasteiger partial charge in [-0.1, -0.05) is 76.2 Å². The Kier molecular flexibility index (Phi) is 7.68. The lowest BCUT2D eigenvalue weighted by Crippen LogP contribution is -2.20. The fraction of sp³-hybridized carbons (Fsp3) is 0.351. The van der Waals surface area contributed by atoms with E-state index in [-0.39, 0.29) is 22.3 Å². The summed E-state index contributed by atoms with van der Waals surface area (Å²) in [7, 11) is 0. The molecule has 4 heteroatoms. The number of hydrogen-bond acceptors (Lipinski definition) is 4. The third-order valence-corrected chi connectivity index (χ3v) is 9.01. The lowest BCUT2D eigenvalue weighted by Gasteiger charge is -2.29. The Morgan fingerprint density at radius 2 is 0.610 bits per heavy atom. The number of aromatic hydroxyl groups is 4. The SMILES string of the molecule is Cc1cc(C(C)(C)c2cc(C)c(O)c(Cc3cc(C(C)(C)c4cc(C)c(O)c(C)c4)cc(C)c3O)c2)cc(C)c1O. The second-order valence-corrected chi connectivity index (χ2v) is 12.9. The molecule has 0 bridgehead atoms. The minimum Gasteiger partial charge on any atom is -0.507 e. The molecule has 4 aromatic carbocycles. The highest BCUT2D eigenvalue weighted by Crippen LogP contribution is 2.41. The summed E-state index contributed by atoms with van der Waals surface area (Å²) in [6.07, 6.45) is 0.369. The molecule has 0 aliphatic heterocycles. The number of rotatable bonds is 6. The van der Waals surface area contributed by atoms with Crippen LogP contribution in [0.5, 0.6) is 23.0 Å². The molecule has 0 aromatic heterocycles. The molecule has 0 atom stereocenters. The van der Waals surface area contributed by atoms with Gasteiger partial charge in [-0.05, 0) is 108 Å². The molecule has 4 N–H and O–H groups in total. The summed E-state index contributed by atoms with van der Waals surface area (Å²) in [5.74, 6) is 1.10. The number of hydrogen-bond donors (Lipinski definition) is 4. The maximum Gasteiger partial charge on any atom is 0.122 e. The van der Waals surface area contributed by atoms with Crippen LogP contribution < -0.4 is 0 Å². The van der Waals surface area contributed by atoms with E-state index in [1.165, 1.54) is 0 Å². The van der Waals surface area contributed by atoms with Crippen LogP contribution in [-0.4, -0.2) is 20.4 Å². The number of phenols is 4. The van der Waals surface area contributed by atoms with Crippen molar-refractivity contribution in [3.05, 3.63) is 115 Å². The molecule has 0 radical (unpaired) electrons. The molecular formula is C37H44O4. The zero-order valence-electron chi connectivity index (χ0n) is 26.1. The highest BCUT2D eigenvalue weighted by molar-refractivity contribution is 5.56. The molecule has 4 rings (SSSR count). The Morgan fingerprint density at radius 1 is 0.390 bits per heavy atom. The van der Waals surface area contributed by atoms with Gasteiger partial charge in [0.05, 0.1) is 0 Å². The normalized spacial score (nSPS) is 12.1. The van der Waals surface area contributed by atoms with Crippen molar-refractivity contribution in [1.29, 1.82) is 0 Å². The lowest BCUT2D eigenvalue weighted by molar-refractivity contribution is 0.457. The molecule has 216 valence electrons. The van der Waals surface area contributed by atoms with E-state index >= 15 is 0 Å². The Balaban J connectivity index is 1.80. The Hall–Kier alpha value is -3.92. The molecule has 4 nitrogen and oxygen atoms in total. The van der Waals surface area contributed by atoms with E-state index < -0.39 is 0 Å². The fourth-order valence-corrected chi connectivity index (χ4v) is 5.87. The van der Waals surface area contributed by atoms with E-state index in [4.69, 9.17) is 0 Å². The van der Waals surface area contributed by atoms with E-state index in [2.05, 4.69) is 27.7 Å². The summed E-state index contributed by atoms with van der Waals surface area (Å²) in [6, 6.07) is 16.2. The number of aryl methyl sites for hydroxylation is 6. The first-order valence-corrected chi connectivity index (χ1v) is 14.2. The van der Waals surface area contributed by atoms with Crippen molar-refractivity contribution in [3.63, 3.8) is 0 Å². The summed E-state index contributed by atoms with van der Waals surface area (Å²) in [5.41, 5.74) is 9.91. The molecule has 0 spiro atoms. The summed E-state index contributed by atoms with van der Waals surface area (Å²) in [5, 5.41) is 43.0. The molecule has 0 unspecified atom stereocenters. The van der Waals surface area contributed by atoms with Crippen LogP contribution in [0.15, 0.2) is 48.5 Å². The van der Waals surface area contributed by atoms with Crippen LogP contribution in [0.4, 0.5) is 0 Å². The van der Waals surface area contributed by atoms with E-state index in [0.717, 1.165) is 66.8 Å². The third kappa shape index (κ3) is 5.40. The van der Waals surface area contributed by atoms with Crippen molar-refractivity contribution >= 4 is 0 Å². The van der Waals surface area contributed by atoms with Gasteiger partial charge in [-0.15, -0.1) is 0 Å². The van der Waals surface area contributed by atoms with E-state index in [1.54, 1.807) is 0 Å². The van der Waals surface area contributed by atoms with Crippen molar-refractivity contribution in [3.8, 4) is 23.0 Å². The van der Waals surface area contributed by atoms with E-state index in [9.17, 15) is 20.4 Å². The molecule has 0 aliphatic carbocycles. The quantitative estimate of drug-likeness (QED) is 0.193. The Morgan fingerprint density at radius 3 is 0.878 bits per heavy atom. The molecule has 0 amide bonds. The average molecular weight is 553 g/mol. The standard InChI is InChI=1S/C37H44O4/c1-20-11-28(12-21(2)32(20)38)36(7,8)30-15-24(5)34(40)26(18-30)17-27-19-31(16-25(6)35(27)41)37(9,10)29-13-22(3)33(39)23(4)14-29/h11-16,18-19,38-41H,17H2,1-10H3. The minimum atomic E-state index is -0.382. The van der Waals surface area contributed by atoms with Gasteiger partial charge < -0.3 is 20.4 Å². The predicted molar refractivity (Wildman–Crippen MR) is 168 cm³/mol. The van der Waals surface area contributed by atoms with Crippen molar-refractivity contribution in [1.82, 2.24) is 0 Å². The largest absolute Gasteiger partial charge is 0.507 e. The van der Waals surface area contributed by atoms with Crippen molar-refractivity contribution in [2.45, 2.75) is 86.5 Å². The highest BCUT2D eigenvalue weighted by Gasteiger charge is 2.28. The van der Waals surface area contributed by atoms with Crippen molar-refractivity contribution in [2.24, 2.45) is 0 Å². The van der Waals surface area contributed by atoms with Crippen LogP contribution in [0.1, 0.15) is 94.5 Å². The zero-order chi connectivity index (χ0) is 30.6. The number of benzene rings is 4. The first-order chi connectivity index (χ1) is 18.9. The molecule has 0 saturated carbocycles. The monoisotopic (exact) mass is 552 g/mol. The number of phenolic OH excluding ortho intramolecular Hbond substituents is 4. The van der Waals surface area contributed by atoms with Crippen LogP contribution in [0.25, 0.3) is 0 Å². The van der Waals surface area contributed by atoms with E-state index in [1.807, 2.05) is 90.1 Å². The summed E-state index contributed by atoms with van der Waals surface area (Å²) < 4.78 is 0. The van der Waals surface area contributed by atoms with Gasteiger partial charge in [0, 0.05) is 17.3 Å². The minimum absolute atomic E-state index is 0.231. The van der Waals surface area contributed by atoms with Gasteiger partial charge in [0.1, 0.15) is 23.0 Å². The maximum absolute atomic E-state index is 11.2. The molecule has 0 fully saturated rings. The van der Waals surface area contributed by atoms with Gasteiger partial charge in [-0.3, -0.25) is 0 Å². The van der Waals surface area contributed by atoms with Gasteiger partial charge in [-0.25, -0.2) is 0 Å². The van der Waals surface area contributed by atoms with Crippen LogP contribution in [0.2, 0.25) is 0 Å². The van der Waals surface area contributed by atoms with Crippen LogP contribution >= 0.6 is 0 Å². The zero-order valence-corrected chi connectivity index (χ0v) is 26.1. The Bertz CT molecular complexity index is 1490. The molecular weight excluding hydrogens is 508 g/mol. The second kappa shape index (κ2) is 10.5. The van der Waals surface area contributed by atoms with Crippen molar-refractivity contribution < 1.29 is 20.4 Å². The topological polar surface area (TPSA) is 80.9 Å².